The molecule has 2 N–H and O–H groups in total. The molecule has 2 amide bonds. The van der Waals surface area contributed by atoms with E-state index in [9.17, 15) is 18.0 Å². The molecule has 4 rings (SSSR count). The molecule has 11 nitrogen and oxygen atoms in total. The summed E-state index contributed by atoms with van der Waals surface area (Å²) < 4.78 is 45.9. The fourth-order valence-corrected chi connectivity index (χ4v) is 7.01. The number of carbonyl (C=O) groups excluding carboxylic acids is 2. The minimum atomic E-state index is -3.63. The van der Waals surface area contributed by atoms with E-state index in [1.807, 2.05) is 73.6 Å². The SMILES string of the molecule is CCCCS(=O)(=O)Nc1cc(C(C)(C)C)cc(NC(=O)c2ccc(C)c(Oc3ccnc(CC4CCN(C(=O)OC(C)(C)C)CC4)c3)c2)c1OC. The van der Waals surface area contributed by atoms with Gasteiger partial charge in [0.25, 0.3) is 5.91 Å². The number of piperidine rings is 1. The molecule has 1 saturated heterocycles. The van der Waals surface area contributed by atoms with Crippen molar-refractivity contribution < 1.29 is 32.2 Å². The molecule has 0 bridgehead atoms. The number of carbonyl (C=O) groups is 2. The van der Waals surface area contributed by atoms with Crippen molar-refractivity contribution in [2.45, 2.75) is 98.5 Å². The largest absolute Gasteiger partial charge is 0.492 e. The van der Waals surface area contributed by atoms with Crippen molar-refractivity contribution in [2.24, 2.45) is 5.92 Å². The summed E-state index contributed by atoms with van der Waals surface area (Å²) in [4.78, 5) is 32.5. The van der Waals surface area contributed by atoms with Gasteiger partial charge in [-0.25, -0.2) is 13.2 Å². The molecule has 0 aliphatic carbocycles. The van der Waals surface area contributed by atoms with Crippen molar-refractivity contribution in [1.29, 1.82) is 0 Å². The summed E-state index contributed by atoms with van der Waals surface area (Å²) >= 11 is 0. The number of rotatable bonds is 12. The Bertz CT molecular complexity index is 1800. The van der Waals surface area contributed by atoms with Gasteiger partial charge in [-0.05, 0) is 106 Å². The number of benzene rings is 2. The van der Waals surface area contributed by atoms with Crippen molar-refractivity contribution in [3.63, 3.8) is 0 Å². The van der Waals surface area contributed by atoms with Crippen LogP contribution in [0.25, 0.3) is 0 Å². The third-order valence-corrected chi connectivity index (χ3v) is 10.0. The first-order chi connectivity index (χ1) is 23.9. The lowest BCUT2D eigenvalue weighted by atomic mass is 9.86. The van der Waals surface area contributed by atoms with E-state index in [2.05, 4.69) is 15.0 Å². The highest BCUT2D eigenvalue weighted by Crippen LogP contribution is 2.40. The van der Waals surface area contributed by atoms with E-state index < -0.39 is 21.5 Å². The van der Waals surface area contributed by atoms with E-state index in [1.165, 1.54) is 7.11 Å². The van der Waals surface area contributed by atoms with Gasteiger partial charge in [0, 0.05) is 36.6 Å². The maximum atomic E-state index is 13.7. The Hall–Kier alpha value is -4.32. The molecule has 0 saturated carbocycles. The maximum Gasteiger partial charge on any atom is 0.410 e. The smallest absolute Gasteiger partial charge is 0.410 e. The van der Waals surface area contributed by atoms with Crippen LogP contribution in [-0.4, -0.2) is 61.9 Å². The van der Waals surface area contributed by atoms with Crippen LogP contribution in [0.3, 0.4) is 0 Å². The monoisotopic (exact) mass is 722 g/mol. The molecule has 3 aromatic rings. The highest BCUT2D eigenvalue weighted by molar-refractivity contribution is 7.92. The summed E-state index contributed by atoms with van der Waals surface area (Å²) in [5, 5.41) is 2.95. The number of hydrogen-bond donors (Lipinski definition) is 2. The highest BCUT2D eigenvalue weighted by atomic mass is 32.2. The molecule has 1 aromatic heterocycles. The lowest BCUT2D eigenvalue weighted by Gasteiger charge is -2.33. The summed E-state index contributed by atoms with van der Waals surface area (Å²) in [7, 11) is -2.19. The molecule has 0 atom stereocenters. The number of nitrogens with zero attached hydrogens (tertiary/aromatic N) is 2. The third-order valence-electron chi connectivity index (χ3n) is 8.67. The lowest BCUT2D eigenvalue weighted by Crippen LogP contribution is -2.42. The number of pyridine rings is 1. The second-order valence-electron chi connectivity index (χ2n) is 15.3. The molecular formula is C39H54N4O7S. The Labute approximate surface area is 303 Å². The van der Waals surface area contributed by atoms with Crippen LogP contribution in [0, 0.1) is 12.8 Å². The molecule has 1 aliphatic heterocycles. The number of likely N-dealkylation sites (tertiary alicyclic amines) is 1. The van der Waals surface area contributed by atoms with Crippen molar-refractivity contribution in [3.8, 4) is 17.2 Å². The fourth-order valence-electron chi connectivity index (χ4n) is 5.75. The number of anilines is 2. The van der Waals surface area contributed by atoms with Gasteiger partial charge in [0.1, 0.15) is 17.1 Å². The van der Waals surface area contributed by atoms with Gasteiger partial charge in [0.05, 0.1) is 24.2 Å². The van der Waals surface area contributed by atoms with Crippen LogP contribution >= 0.6 is 0 Å². The number of aromatic nitrogens is 1. The zero-order valence-corrected chi connectivity index (χ0v) is 32.3. The number of methoxy groups -OCH3 is 1. The highest BCUT2D eigenvalue weighted by Gasteiger charge is 2.28. The van der Waals surface area contributed by atoms with E-state index >= 15 is 0 Å². The number of nitrogens with one attached hydrogen (secondary N) is 2. The van der Waals surface area contributed by atoms with Gasteiger partial charge >= 0.3 is 6.09 Å². The number of ether oxygens (including phenoxy) is 3. The zero-order valence-electron chi connectivity index (χ0n) is 31.5. The molecule has 1 fully saturated rings. The standard InChI is InChI=1S/C39H54N4O7S/c1-10-11-20-51(46,47)42-33-24-29(38(3,4)5)23-32(35(33)48-9)41-36(44)28-13-12-26(2)34(22-28)49-31-14-17-40-30(25-31)21-27-15-18-43(19-16-27)37(45)50-39(6,7)8/h12-14,17,22-25,27,42H,10-11,15-16,18-21H2,1-9H3,(H,41,44). The summed E-state index contributed by atoms with van der Waals surface area (Å²) in [5.41, 5.74) is 2.66. The topological polar surface area (TPSA) is 136 Å². The quantitative estimate of drug-likeness (QED) is 0.190. The van der Waals surface area contributed by atoms with E-state index in [0.717, 1.165) is 42.5 Å². The molecule has 12 heteroatoms. The summed E-state index contributed by atoms with van der Waals surface area (Å²) in [6, 6.07) is 12.5. The molecular weight excluding hydrogens is 669 g/mol. The van der Waals surface area contributed by atoms with Crippen LogP contribution in [0.1, 0.15) is 101 Å². The molecule has 1 aliphatic rings. The number of amides is 2. The van der Waals surface area contributed by atoms with Crippen LogP contribution in [0.5, 0.6) is 17.2 Å². The predicted molar refractivity (Wildman–Crippen MR) is 202 cm³/mol. The zero-order chi connectivity index (χ0) is 37.6. The normalized spacial score (nSPS) is 14.2. The average molecular weight is 723 g/mol. The Morgan fingerprint density at radius 2 is 1.67 bits per heavy atom. The van der Waals surface area contributed by atoms with Crippen LogP contribution < -0.4 is 19.5 Å². The van der Waals surface area contributed by atoms with Crippen LogP contribution in [0.4, 0.5) is 16.2 Å². The van der Waals surface area contributed by atoms with Crippen molar-refractivity contribution in [1.82, 2.24) is 9.88 Å². The first-order valence-electron chi connectivity index (χ1n) is 17.6. The van der Waals surface area contributed by atoms with Gasteiger partial charge < -0.3 is 24.4 Å². The van der Waals surface area contributed by atoms with Crippen LogP contribution in [-0.2, 0) is 26.6 Å². The maximum absolute atomic E-state index is 13.7. The molecule has 2 aromatic carbocycles. The third kappa shape index (κ3) is 11.3. The van der Waals surface area contributed by atoms with E-state index in [1.54, 1.807) is 35.4 Å². The summed E-state index contributed by atoms with van der Waals surface area (Å²) in [6.45, 7) is 16.8. The van der Waals surface area contributed by atoms with E-state index in [4.69, 9.17) is 14.2 Å². The lowest BCUT2D eigenvalue weighted by molar-refractivity contribution is 0.0184. The second-order valence-corrected chi connectivity index (χ2v) is 17.1. The number of unbranched alkanes of at least 4 members (excludes halogenated alkanes) is 1. The van der Waals surface area contributed by atoms with Crippen molar-refractivity contribution in [3.05, 3.63) is 71.0 Å². The van der Waals surface area contributed by atoms with Gasteiger partial charge in [-0.2, -0.15) is 0 Å². The van der Waals surface area contributed by atoms with Gasteiger partial charge in [-0.1, -0.05) is 40.2 Å². The first-order valence-corrected chi connectivity index (χ1v) is 19.3. The van der Waals surface area contributed by atoms with Gasteiger partial charge in [-0.3, -0.25) is 14.5 Å². The van der Waals surface area contributed by atoms with Gasteiger partial charge in [0.2, 0.25) is 10.0 Å². The Balaban J connectivity index is 1.49. The Morgan fingerprint density at radius 1 is 0.980 bits per heavy atom. The van der Waals surface area contributed by atoms with Crippen LogP contribution in [0.2, 0.25) is 0 Å². The average Bonchev–Trinajstić information content (AvgIpc) is 3.04. The van der Waals surface area contributed by atoms with Crippen molar-refractivity contribution in [2.75, 3.05) is 36.0 Å². The molecule has 0 radical (unpaired) electrons. The van der Waals surface area contributed by atoms with Gasteiger partial charge in [-0.15, -0.1) is 0 Å². The second kappa shape index (κ2) is 16.4. The van der Waals surface area contributed by atoms with Crippen LogP contribution in [0.15, 0.2) is 48.7 Å². The molecule has 278 valence electrons. The Morgan fingerprint density at radius 3 is 2.29 bits per heavy atom. The number of hydrogen-bond acceptors (Lipinski definition) is 8. The Kier molecular flexibility index (Phi) is 12.7. The molecule has 0 unspecified atom stereocenters. The predicted octanol–water partition coefficient (Wildman–Crippen LogP) is 8.47. The van der Waals surface area contributed by atoms with Crippen molar-refractivity contribution >= 4 is 33.4 Å². The number of sulfonamides is 1. The minimum absolute atomic E-state index is 0.0195. The summed E-state index contributed by atoms with van der Waals surface area (Å²) in [5.74, 6) is 1.30. The molecule has 51 heavy (non-hydrogen) atoms. The number of aryl methyl sites for hydroxylation is 1. The van der Waals surface area contributed by atoms with Gasteiger partial charge in [0.15, 0.2) is 5.75 Å². The first kappa shape index (κ1) is 39.5. The fraction of sp³-hybridized carbons (Fsp3) is 0.513. The van der Waals surface area contributed by atoms with E-state index in [0.29, 0.717) is 48.2 Å². The molecule has 2 heterocycles. The van der Waals surface area contributed by atoms with E-state index in [-0.39, 0.29) is 28.7 Å². The minimum Gasteiger partial charge on any atom is -0.492 e. The molecule has 0 spiro atoms. The summed E-state index contributed by atoms with van der Waals surface area (Å²) in [6.07, 6.45) is 5.19.